The molecule has 0 aliphatic rings. The van der Waals surface area contributed by atoms with Crippen molar-refractivity contribution in [3.05, 3.63) is 71.0 Å². The number of hydrogen-bond acceptors (Lipinski definition) is 5. The summed E-state index contributed by atoms with van der Waals surface area (Å²) >= 11 is 7.14. The molecule has 0 aliphatic heterocycles. The van der Waals surface area contributed by atoms with Gasteiger partial charge in [0.25, 0.3) is 5.91 Å². The lowest BCUT2D eigenvalue weighted by molar-refractivity contribution is -0.113. The van der Waals surface area contributed by atoms with E-state index in [-0.39, 0.29) is 24.1 Å². The van der Waals surface area contributed by atoms with E-state index in [2.05, 4.69) is 20.8 Å². The van der Waals surface area contributed by atoms with Crippen molar-refractivity contribution in [1.29, 1.82) is 0 Å². The number of carbonyl (C=O) groups is 2. The highest BCUT2D eigenvalue weighted by Gasteiger charge is 2.14. The fraction of sp³-hybridized carbons (Fsp3) is 0.200. The van der Waals surface area contributed by atoms with Crippen molar-refractivity contribution in [3.8, 4) is 0 Å². The number of nitrogens with zero attached hydrogens (tertiary/aromatic N) is 3. The molecule has 7 nitrogen and oxygen atoms in total. The zero-order chi connectivity index (χ0) is 20.6. The SMILES string of the molecule is CCn1c(CNC(=O)c2ccccc2)nnc1SCC(=O)Nc1ccc(Cl)cc1. The van der Waals surface area contributed by atoms with Crippen LogP contribution in [-0.4, -0.2) is 32.3 Å². The number of hydrogen-bond donors (Lipinski definition) is 2. The highest BCUT2D eigenvalue weighted by Crippen LogP contribution is 2.18. The van der Waals surface area contributed by atoms with Crippen LogP contribution >= 0.6 is 23.4 Å². The molecule has 0 unspecified atom stereocenters. The van der Waals surface area contributed by atoms with E-state index in [9.17, 15) is 9.59 Å². The van der Waals surface area contributed by atoms with Gasteiger partial charge in [-0.2, -0.15) is 0 Å². The zero-order valence-corrected chi connectivity index (χ0v) is 17.3. The van der Waals surface area contributed by atoms with E-state index in [0.29, 0.717) is 33.8 Å². The molecule has 0 saturated heterocycles. The first-order valence-electron chi connectivity index (χ1n) is 9.00. The van der Waals surface area contributed by atoms with Crippen LogP contribution in [0.3, 0.4) is 0 Å². The fourth-order valence-corrected chi connectivity index (χ4v) is 3.53. The molecule has 3 rings (SSSR count). The maximum atomic E-state index is 12.2. The topological polar surface area (TPSA) is 88.9 Å². The third kappa shape index (κ3) is 5.82. The third-order valence-electron chi connectivity index (χ3n) is 4.01. The van der Waals surface area contributed by atoms with Gasteiger partial charge in [-0.25, -0.2) is 0 Å². The molecule has 0 aliphatic carbocycles. The summed E-state index contributed by atoms with van der Waals surface area (Å²) in [6.07, 6.45) is 0. The van der Waals surface area contributed by atoms with Gasteiger partial charge in [-0.05, 0) is 43.3 Å². The summed E-state index contributed by atoms with van der Waals surface area (Å²) in [4.78, 5) is 24.4. The van der Waals surface area contributed by atoms with Crippen LogP contribution in [0.2, 0.25) is 5.02 Å². The summed E-state index contributed by atoms with van der Waals surface area (Å²) in [7, 11) is 0. The Morgan fingerprint density at radius 1 is 1.07 bits per heavy atom. The third-order valence-corrected chi connectivity index (χ3v) is 5.23. The molecule has 1 aromatic heterocycles. The van der Waals surface area contributed by atoms with E-state index in [4.69, 9.17) is 11.6 Å². The lowest BCUT2D eigenvalue weighted by Crippen LogP contribution is -2.24. The van der Waals surface area contributed by atoms with Crippen molar-refractivity contribution in [1.82, 2.24) is 20.1 Å². The fourth-order valence-electron chi connectivity index (χ4n) is 2.59. The average molecular weight is 430 g/mol. The highest BCUT2D eigenvalue weighted by atomic mass is 35.5. The number of amides is 2. The molecule has 9 heteroatoms. The summed E-state index contributed by atoms with van der Waals surface area (Å²) in [6.45, 7) is 2.85. The molecule has 29 heavy (non-hydrogen) atoms. The van der Waals surface area contributed by atoms with Gasteiger partial charge in [-0.15, -0.1) is 10.2 Å². The number of rotatable bonds is 8. The van der Waals surface area contributed by atoms with Crippen LogP contribution in [0.1, 0.15) is 23.1 Å². The van der Waals surface area contributed by atoms with Crippen molar-refractivity contribution in [2.45, 2.75) is 25.2 Å². The van der Waals surface area contributed by atoms with Crippen LogP contribution in [0.5, 0.6) is 0 Å². The minimum Gasteiger partial charge on any atom is -0.345 e. The molecule has 0 atom stereocenters. The monoisotopic (exact) mass is 429 g/mol. The average Bonchev–Trinajstić information content (AvgIpc) is 3.14. The zero-order valence-electron chi connectivity index (χ0n) is 15.8. The Kier molecular flexibility index (Phi) is 7.26. The molecule has 0 spiro atoms. The molecular weight excluding hydrogens is 410 g/mol. The Balaban J connectivity index is 1.55. The van der Waals surface area contributed by atoms with Crippen molar-refractivity contribution >= 4 is 40.9 Å². The van der Waals surface area contributed by atoms with Crippen LogP contribution in [0.15, 0.2) is 59.8 Å². The Hall–Kier alpha value is -2.84. The van der Waals surface area contributed by atoms with E-state index in [1.807, 2.05) is 29.7 Å². The maximum Gasteiger partial charge on any atom is 0.251 e. The number of aromatic nitrogens is 3. The number of halogens is 1. The summed E-state index contributed by atoms with van der Waals surface area (Å²) in [6, 6.07) is 15.9. The van der Waals surface area contributed by atoms with Gasteiger partial charge in [0.1, 0.15) is 0 Å². The minimum atomic E-state index is -0.173. The van der Waals surface area contributed by atoms with E-state index < -0.39 is 0 Å². The first kappa shape index (κ1) is 20.9. The van der Waals surface area contributed by atoms with Gasteiger partial charge in [0.15, 0.2) is 11.0 Å². The highest BCUT2D eigenvalue weighted by molar-refractivity contribution is 7.99. The van der Waals surface area contributed by atoms with Crippen LogP contribution in [0, 0.1) is 0 Å². The first-order valence-corrected chi connectivity index (χ1v) is 10.4. The number of nitrogens with one attached hydrogen (secondary N) is 2. The van der Waals surface area contributed by atoms with Crippen molar-refractivity contribution < 1.29 is 9.59 Å². The Bertz CT molecular complexity index is 976. The predicted octanol–water partition coefficient (Wildman–Crippen LogP) is 3.61. The number of anilines is 1. The first-order chi connectivity index (χ1) is 14.1. The van der Waals surface area contributed by atoms with E-state index >= 15 is 0 Å². The normalized spacial score (nSPS) is 10.6. The minimum absolute atomic E-state index is 0.151. The Morgan fingerprint density at radius 3 is 2.48 bits per heavy atom. The number of thioether (sulfide) groups is 1. The molecule has 0 bridgehead atoms. The summed E-state index contributed by atoms with van der Waals surface area (Å²) < 4.78 is 1.88. The molecule has 150 valence electrons. The summed E-state index contributed by atoms with van der Waals surface area (Å²) in [5, 5.41) is 15.2. The second-order valence-electron chi connectivity index (χ2n) is 6.04. The van der Waals surface area contributed by atoms with Gasteiger partial charge in [-0.1, -0.05) is 41.6 Å². The second-order valence-corrected chi connectivity index (χ2v) is 7.41. The van der Waals surface area contributed by atoms with Crippen molar-refractivity contribution in [2.75, 3.05) is 11.1 Å². The van der Waals surface area contributed by atoms with Crippen LogP contribution in [-0.2, 0) is 17.9 Å². The largest absolute Gasteiger partial charge is 0.345 e. The molecular formula is C20H20ClN5O2S. The van der Waals surface area contributed by atoms with Crippen LogP contribution in [0.25, 0.3) is 0 Å². The molecule has 0 radical (unpaired) electrons. The lowest BCUT2D eigenvalue weighted by Gasteiger charge is -2.09. The van der Waals surface area contributed by atoms with Crippen molar-refractivity contribution in [2.24, 2.45) is 0 Å². The van der Waals surface area contributed by atoms with Gasteiger partial charge in [0, 0.05) is 22.8 Å². The predicted molar refractivity (Wildman–Crippen MR) is 114 cm³/mol. The Morgan fingerprint density at radius 2 is 1.79 bits per heavy atom. The van der Waals surface area contributed by atoms with Gasteiger partial charge in [0.05, 0.1) is 12.3 Å². The molecule has 2 aromatic carbocycles. The summed E-state index contributed by atoms with van der Waals surface area (Å²) in [5.74, 6) is 0.504. The molecule has 3 aromatic rings. The van der Waals surface area contributed by atoms with E-state index in [1.165, 1.54) is 11.8 Å². The molecule has 1 heterocycles. The van der Waals surface area contributed by atoms with Gasteiger partial charge in [0.2, 0.25) is 5.91 Å². The smallest absolute Gasteiger partial charge is 0.251 e. The molecule has 0 fully saturated rings. The van der Waals surface area contributed by atoms with Gasteiger partial charge < -0.3 is 15.2 Å². The Labute approximate surface area is 177 Å². The van der Waals surface area contributed by atoms with Crippen molar-refractivity contribution in [3.63, 3.8) is 0 Å². The summed E-state index contributed by atoms with van der Waals surface area (Å²) in [5.41, 5.74) is 1.27. The maximum absolute atomic E-state index is 12.2. The quantitative estimate of drug-likeness (QED) is 0.534. The van der Waals surface area contributed by atoms with Crippen LogP contribution in [0.4, 0.5) is 5.69 Å². The van der Waals surface area contributed by atoms with E-state index in [0.717, 1.165) is 0 Å². The standard InChI is InChI=1S/C20H20ClN5O2S/c1-2-26-17(12-22-19(28)14-6-4-3-5-7-14)24-25-20(26)29-13-18(27)23-16-10-8-15(21)9-11-16/h3-11H,2,12-13H2,1H3,(H,22,28)(H,23,27). The van der Waals surface area contributed by atoms with Gasteiger partial charge >= 0.3 is 0 Å². The van der Waals surface area contributed by atoms with Gasteiger partial charge in [-0.3, -0.25) is 9.59 Å². The lowest BCUT2D eigenvalue weighted by atomic mass is 10.2. The second kappa shape index (κ2) is 10.1. The van der Waals surface area contributed by atoms with E-state index in [1.54, 1.807) is 36.4 Å². The number of carbonyl (C=O) groups excluding carboxylic acids is 2. The number of benzene rings is 2. The molecule has 0 saturated carbocycles. The van der Waals surface area contributed by atoms with Crippen LogP contribution < -0.4 is 10.6 Å². The molecule has 2 amide bonds. The molecule has 2 N–H and O–H groups in total.